The average Bonchev–Trinajstić information content (AvgIpc) is 2.74. The molecule has 3 aromatic rings. The van der Waals surface area contributed by atoms with Crippen LogP contribution in [0.4, 0.5) is 0 Å². The lowest BCUT2D eigenvalue weighted by Crippen LogP contribution is -2.18. The number of benzene rings is 2. The Morgan fingerprint density at radius 3 is 2.67 bits per heavy atom. The molecule has 6 nitrogen and oxygen atoms in total. The van der Waals surface area contributed by atoms with Gasteiger partial charge in [-0.15, -0.1) is 0 Å². The zero-order valence-electron chi connectivity index (χ0n) is 16.1. The van der Waals surface area contributed by atoms with Gasteiger partial charge >= 0.3 is 0 Å². The van der Waals surface area contributed by atoms with Crippen molar-refractivity contribution in [3.63, 3.8) is 0 Å². The van der Waals surface area contributed by atoms with Crippen molar-refractivity contribution >= 4 is 35.3 Å². The molecule has 0 fully saturated rings. The van der Waals surface area contributed by atoms with Crippen LogP contribution in [0.2, 0.25) is 10.2 Å². The number of carbonyl (C=O) groups excluding carboxylic acids is 1. The number of nitrogens with one attached hydrogen (secondary N) is 1. The Labute approximate surface area is 184 Å². The van der Waals surface area contributed by atoms with Gasteiger partial charge in [0.05, 0.1) is 23.4 Å². The molecule has 8 heteroatoms. The van der Waals surface area contributed by atoms with Crippen LogP contribution < -0.4 is 14.9 Å². The molecule has 30 heavy (non-hydrogen) atoms. The minimum Gasteiger partial charge on any atom is -0.490 e. The Balaban J connectivity index is 1.73. The van der Waals surface area contributed by atoms with Crippen molar-refractivity contribution in [2.24, 2.45) is 5.10 Å². The second-order valence-corrected chi connectivity index (χ2v) is 6.84. The third-order valence-electron chi connectivity index (χ3n) is 3.94. The van der Waals surface area contributed by atoms with E-state index in [1.54, 1.807) is 24.3 Å². The molecule has 0 atom stereocenters. The number of halogens is 2. The standard InChI is InChI=1S/C22H19Cl2N3O3/c1-2-29-19-12-16(13-26-27-22(28)17-9-6-10-25-21(17)24)11-18(23)20(19)30-14-15-7-4-3-5-8-15/h3-13H,2,14H2,1H3,(H,27,28). The highest BCUT2D eigenvalue weighted by Gasteiger charge is 2.13. The SMILES string of the molecule is CCOc1cc(C=NNC(=O)c2cccnc2Cl)cc(Cl)c1OCc1ccccc1. The van der Waals surface area contributed by atoms with Crippen molar-refractivity contribution in [3.8, 4) is 11.5 Å². The van der Waals surface area contributed by atoms with Gasteiger partial charge in [-0.25, -0.2) is 10.4 Å². The largest absolute Gasteiger partial charge is 0.490 e. The highest BCUT2D eigenvalue weighted by atomic mass is 35.5. The Morgan fingerprint density at radius 2 is 1.93 bits per heavy atom. The summed E-state index contributed by atoms with van der Waals surface area (Å²) >= 11 is 12.3. The number of nitrogens with zero attached hydrogens (tertiary/aromatic N) is 2. The minimum absolute atomic E-state index is 0.104. The fourth-order valence-electron chi connectivity index (χ4n) is 2.58. The highest BCUT2D eigenvalue weighted by molar-refractivity contribution is 6.33. The molecule has 0 aliphatic rings. The number of amides is 1. The molecule has 0 aliphatic carbocycles. The summed E-state index contributed by atoms with van der Waals surface area (Å²) in [6, 6.07) is 16.3. The van der Waals surface area contributed by atoms with Gasteiger partial charge in [0, 0.05) is 6.20 Å². The zero-order chi connectivity index (χ0) is 21.3. The van der Waals surface area contributed by atoms with Crippen LogP contribution in [0, 0.1) is 0 Å². The molecule has 0 saturated carbocycles. The molecule has 1 heterocycles. The molecule has 0 spiro atoms. The van der Waals surface area contributed by atoms with E-state index in [0.717, 1.165) is 5.56 Å². The first-order valence-corrected chi connectivity index (χ1v) is 9.91. The number of ether oxygens (including phenoxy) is 2. The number of hydrogen-bond donors (Lipinski definition) is 1. The second kappa shape index (κ2) is 10.6. The molecule has 0 radical (unpaired) electrons. The number of aromatic nitrogens is 1. The van der Waals surface area contributed by atoms with Crippen LogP contribution in [0.25, 0.3) is 0 Å². The van der Waals surface area contributed by atoms with Crippen LogP contribution in [0.5, 0.6) is 11.5 Å². The van der Waals surface area contributed by atoms with Crippen molar-refractivity contribution < 1.29 is 14.3 Å². The number of pyridine rings is 1. The quantitative estimate of drug-likeness (QED) is 0.297. The summed E-state index contributed by atoms with van der Waals surface area (Å²) in [5, 5.41) is 4.44. The smallest absolute Gasteiger partial charge is 0.274 e. The van der Waals surface area contributed by atoms with E-state index >= 15 is 0 Å². The van der Waals surface area contributed by atoms with E-state index in [0.29, 0.717) is 35.3 Å². The molecule has 1 N–H and O–H groups in total. The monoisotopic (exact) mass is 443 g/mol. The molecular formula is C22H19Cl2N3O3. The van der Waals surface area contributed by atoms with E-state index in [2.05, 4.69) is 15.5 Å². The molecule has 0 aliphatic heterocycles. The van der Waals surface area contributed by atoms with Crippen molar-refractivity contribution in [2.45, 2.75) is 13.5 Å². The molecule has 3 rings (SSSR count). The van der Waals surface area contributed by atoms with Crippen LogP contribution in [0.15, 0.2) is 65.9 Å². The van der Waals surface area contributed by atoms with Crippen LogP contribution in [-0.4, -0.2) is 23.7 Å². The maximum atomic E-state index is 12.1. The molecule has 0 bridgehead atoms. The predicted octanol–water partition coefficient (Wildman–Crippen LogP) is 5.13. The van der Waals surface area contributed by atoms with Gasteiger partial charge in [-0.3, -0.25) is 4.79 Å². The van der Waals surface area contributed by atoms with Crippen molar-refractivity contribution in [1.82, 2.24) is 10.4 Å². The zero-order valence-corrected chi connectivity index (χ0v) is 17.7. The first-order valence-electron chi connectivity index (χ1n) is 9.15. The van der Waals surface area contributed by atoms with E-state index in [-0.39, 0.29) is 10.7 Å². The summed E-state index contributed by atoms with van der Waals surface area (Å²) in [6.45, 7) is 2.67. The van der Waals surface area contributed by atoms with Gasteiger partial charge in [0.2, 0.25) is 0 Å². The third-order valence-corrected chi connectivity index (χ3v) is 4.52. The van der Waals surface area contributed by atoms with Crippen molar-refractivity contribution in [2.75, 3.05) is 6.61 Å². The van der Waals surface area contributed by atoms with Gasteiger partial charge in [0.15, 0.2) is 11.5 Å². The summed E-state index contributed by atoms with van der Waals surface area (Å²) < 4.78 is 11.6. The van der Waals surface area contributed by atoms with E-state index in [1.165, 1.54) is 12.4 Å². The van der Waals surface area contributed by atoms with E-state index in [1.807, 2.05) is 37.3 Å². The van der Waals surface area contributed by atoms with Gasteiger partial charge in [-0.1, -0.05) is 53.5 Å². The van der Waals surface area contributed by atoms with E-state index in [4.69, 9.17) is 32.7 Å². The summed E-state index contributed by atoms with van der Waals surface area (Å²) in [5.41, 5.74) is 4.29. The second-order valence-electron chi connectivity index (χ2n) is 6.08. The number of hydrogen-bond acceptors (Lipinski definition) is 5. The Kier molecular flexibility index (Phi) is 7.65. The normalized spacial score (nSPS) is 10.8. The fraction of sp³-hybridized carbons (Fsp3) is 0.136. The van der Waals surface area contributed by atoms with Crippen LogP contribution in [-0.2, 0) is 6.61 Å². The predicted molar refractivity (Wildman–Crippen MR) is 118 cm³/mol. The summed E-state index contributed by atoms with van der Waals surface area (Å²) in [4.78, 5) is 16.0. The maximum Gasteiger partial charge on any atom is 0.274 e. The summed E-state index contributed by atoms with van der Waals surface area (Å²) in [6.07, 6.45) is 2.96. The van der Waals surface area contributed by atoms with E-state index < -0.39 is 5.91 Å². The lowest BCUT2D eigenvalue weighted by atomic mass is 10.2. The lowest BCUT2D eigenvalue weighted by Gasteiger charge is -2.14. The first-order chi connectivity index (χ1) is 14.6. The third kappa shape index (κ3) is 5.72. The van der Waals surface area contributed by atoms with E-state index in [9.17, 15) is 4.79 Å². The van der Waals surface area contributed by atoms with Crippen molar-refractivity contribution in [3.05, 3.63) is 87.7 Å². The van der Waals surface area contributed by atoms with Crippen LogP contribution in [0.3, 0.4) is 0 Å². The molecule has 0 unspecified atom stereocenters. The molecule has 2 aromatic carbocycles. The maximum absolute atomic E-state index is 12.1. The summed E-state index contributed by atoms with van der Waals surface area (Å²) in [7, 11) is 0. The molecule has 0 saturated heterocycles. The minimum atomic E-state index is -0.469. The van der Waals surface area contributed by atoms with Crippen LogP contribution in [0.1, 0.15) is 28.4 Å². The lowest BCUT2D eigenvalue weighted by molar-refractivity contribution is 0.0955. The van der Waals surface area contributed by atoms with Crippen molar-refractivity contribution in [1.29, 1.82) is 0 Å². The molecule has 1 amide bonds. The van der Waals surface area contributed by atoms with Gasteiger partial charge in [0.25, 0.3) is 5.91 Å². The Morgan fingerprint density at radius 1 is 1.13 bits per heavy atom. The topological polar surface area (TPSA) is 72.8 Å². The molecular weight excluding hydrogens is 425 g/mol. The summed E-state index contributed by atoms with van der Waals surface area (Å²) in [5.74, 6) is 0.470. The van der Waals surface area contributed by atoms with Gasteiger partial charge < -0.3 is 9.47 Å². The first kappa shape index (κ1) is 21.6. The Bertz CT molecular complexity index is 1040. The number of carbonyl (C=O) groups is 1. The number of rotatable bonds is 8. The van der Waals surface area contributed by atoms with Gasteiger partial charge in [-0.2, -0.15) is 5.10 Å². The Hall–Kier alpha value is -3.09. The molecule has 154 valence electrons. The average molecular weight is 444 g/mol. The van der Waals surface area contributed by atoms with Crippen LogP contribution >= 0.6 is 23.2 Å². The van der Waals surface area contributed by atoms with Gasteiger partial charge in [0.1, 0.15) is 11.8 Å². The van der Waals surface area contributed by atoms with Gasteiger partial charge in [-0.05, 0) is 42.3 Å². The fourth-order valence-corrected chi connectivity index (χ4v) is 3.06. The number of hydrazone groups is 1. The molecule has 1 aromatic heterocycles. The highest BCUT2D eigenvalue weighted by Crippen LogP contribution is 2.37.